The number of anilines is 1. The molecule has 1 N–H and O–H groups in total. The summed E-state index contributed by atoms with van der Waals surface area (Å²) >= 11 is 3.05. The summed E-state index contributed by atoms with van der Waals surface area (Å²) in [5.41, 5.74) is 4.12. The third-order valence-corrected chi connectivity index (χ3v) is 6.14. The molecule has 6 heteroatoms. The van der Waals surface area contributed by atoms with Gasteiger partial charge in [0.15, 0.2) is 4.34 Å². The van der Waals surface area contributed by atoms with Crippen LogP contribution >= 0.6 is 23.1 Å². The summed E-state index contributed by atoms with van der Waals surface area (Å²) in [7, 11) is 0. The Morgan fingerprint density at radius 3 is 2.88 bits per heavy atom. The first-order chi connectivity index (χ1) is 12.6. The summed E-state index contributed by atoms with van der Waals surface area (Å²) in [4.78, 5) is 17.0. The predicted molar refractivity (Wildman–Crippen MR) is 111 cm³/mol. The number of fused-ring (bicyclic) bond motifs is 1. The van der Waals surface area contributed by atoms with Crippen LogP contribution in [0.4, 0.5) is 5.69 Å². The Morgan fingerprint density at radius 2 is 2.12 bits per heavy atom. The number of hydrogen-bond acceptors (Lipinski definition) is 5. The van der Waals surface area contributed by atoms with E-state index in [1.807, 2.05) is 44.2 Å². The first kappa shape index (κ1) is 18.7. The third kappa shape index (κ3) is 4.37. The number of rotatable bonds is 7. The zero-order chi connectivity index (χ0) is 18.5. The standard InChI is InChI=1S/C20H22N2O2S2/c1-4-14-8-6-7-13(3)19(14)22-18(23)12-25-20-21-16-10-9-15(24-5-2)11-17(16)26-20/h6-11H,4-5,12H2,1-3H3,(H,22,23). The van der Waals surface area contributed by atoms with Gasteiger partial charge in [-0.1, -0.05) is 36.9 Å². The highest BCUT2D eigenvalue weighted by Crippen LogP contribution is 2.32. The van der Waals surface area contributed by atoms with Crippen LogP contribution in [0.15, 0.2) is 40.7 Å². The number of thiazole rings is 1. The lowest BCUT2D eigenvalue weighted by molar-refractivity contribution is -0.113. The maximum atomic E-state index is 12.4. The number of hydrogen-bond donors (Lipinski definition) is 1. The van der Waals surface area contributed by atoms with Gasteiger partial charge in [-0.3, -0.25) is 4.79 Å². The predicted octanol–water partition coefficient (Wildman–Crippen LogP) is 5.30. The van der Waals surface area contributed by atoms with Crippen LogP contribution in [0.25, 0.3) is 10.2 Å². The molecule has 3 rings (SSSR count). The molecule has 0 fully saturated rings. The molecule has 0 aliphatic carbocycles. The average Bonchev–Trinajstić information content (AvgIpc) is 3.04. The fraction of sp³-hybridized carbons (Fsp3) is 0.300. The van der Waals surface area contributed by atoms with Crippen molar-refractivity contribution in [2.45, 2.75) is 31.5 Å². The number of aryl methyl sites for hydroxylation is 2. The first-order valence-electron chi connectivity index (χ1n) is 8.65. The minimum atomic E-state index is -0.00624. The molecular weight excluding hydrogens is 364 g/mol. The van der Waals surface area contributed by atoms with Gasteiger partial charge in [-0.05, 0) is 49.6 Å². The fourth-order valence-corrected chi connectivity index (χ4v) is 4.60. The van der Waals surface area contributed by atoms with Crippen molar-refractivity contribution in [3.63, 3.8) is 0 Å². The molecule has 1 aromatic heterocycles. The molecule has 136 valence electrons. The second-order valence-electron chi connectivity index (χ2n) is 5.84. The van der Waals surface area contributed by atoms with Crippen LogP contribution in [0.2, 0.25) is 0 Å². The van der Waals surface area contributed by atoms with E-state index in [0.717, 1.165) is 43.5 Å². The number of aromatic nitrogens is 1. The molecule has 0 unspecified atom stereocenters. The number of nitrogens with zero attached hydrogens (tertiary/aromatic N) is 1. The highest BCUT2D eigenvalue weighted by molar-refractivity contribution is 8.01. The lowest BCUT2D eigenvalue weighted by Crippen LogP contribution is -2.16. The number of amides is 1. The largest absolute Gasteiger partial charge is 0.494 e. The van der Waals surface area contributed by atoms with E-state index in [2.05, 4.69) is 23.3 Å². The summed E-state index contributed by atoms with van der Waals surface area (Å²) in [6.45, 7) is 6.72. The van der Waals surface area contributed by atoms with E-state index in [0.29, 0.717) is 12.4 Å². The van der Waals surface area contributed by atoms with Gasteiger partial charge in [0.1, 0.15) is 5.75 Å². The molecule has 0 aliphatic heterocycles. The lowest BCUT2D eigenvalue weighted by Gasteiger charge is -2.12. The molecule has 4 nitrogen and oxygen atoms in total. The van der Waals surface area contributed by atoms with E-state index in [-0.39, 0.29) is 5.91 Å². The number of para-hydroxylation sites is 1. The molecule has 0 saturated carbocycles. The van der Waals surface area contributed by atoms with Crippen LogP contribution in [0.1, 0.15) is 25.0 Å². The van der Waals surface area contributed by atoms with Crippen molar-refractivity contribution in [3.05, 3.63) is 47.5 Å². The molecule has 0 saturated heterocycles. The zero-order valence-electron chi connectivity index (χ0n) is 15.2. The molecule has 0 aliphatic rings. The van der Waals surface area contributed by atoms with Crippen LogP contribution < -0.4 is 10.1 Å². The molecule has 1 heterocycles. The third-order valence-electron chi connectivity index (χ3n) is 3.98. The number of carbonyl (C=O) groups excluding carboxylic acids is 1. The molecule has 0 radical (unpaired) electrons. The highest BCUT2D eigenvalue weighted by atomic mass is 32.2. The van der Waals surface area contributed by atoms with E-state index in [4.69, 9.17) is 4.74 Å². The van der Waals surface area contributed by atoms with Gasteiger partial charge in [-0.15, -0.1) is 11.3 Å². The minimum Gasteiger partial charge on any atom is -0.494 e. The summed E-state index contributed by atoms with van der Waals surface area (Å²) in [6.07, 6.45) is 0.893. The van der Waals surface area contributed by atoms with E-state index in [1.165, 1.54) is 11.8 Å². The Morgan fingerprint density at radius 1 is 1.27 bits per heavy atom. The van der Waals surface area contributed by atoms with Crippen LogP contribution in [0.5, 0.6) is 5.75 Å². The first-order valence-corrected chi connectivity index (χ1v) is 10.5. The van der Waals surface area contributed by atoms with Gasteiger partial charge in [0.25, 0.3) is 0 Å². The highest BCUT2D eigenvalue weighted by Gasteiger charge is 2.11. The minimum absolute atomic E-state index is 0.00624. The summed E-state index contributed by atoms with van der Waals surface area (Å²) in [6, 6.07) is 12.0. The Bertz CT molecular complexity index is 921. The Hall–Kier alpha value is -2.05. The van der Waals surface area contributed by atoms with E-state index < -0.39 is 0 Å². The van der Waals surface area contributed by atoms with Gasteiger partial charge in [0, 0.05) is 5.69 Å². The number of thioether (sulfide) groups is 1. The second kappa shape index (κ2) is 8.56. The Kier molecular flexibility index (Phi) is 6.16. The SMILES string of the molecule is CCOc1ccc2nc(SCC(=O)Nc3c(C)cccc3CC)sc2c1. The maximum Gasteiger partial charge on any atom is 0.234 e. The molecule has 0 spiro atoms. The van der Waals surface area contributed by atoms with Gasteiger partial charge in [0.2, 0.25) is 5.91 Å². The number of nitrogens with one attached hydrogen (secondary N) is 1. The Balaban J connectivity index is 1.65. The molecule has 0 bridgehead atoms. The van der Waals surface area contributed by atoms with Crippen molar-refractivity contribution >= 4 is 44.9 Å². The van der Waals surface area contributed by atoms with Gasteiger partial charge < -0.3 is 10.1 Å². The topological polar surface area (TPSA) is 51.2 Å². The second-order valence-corrected chi connectivity index (χ2v) is 8.09. The lowest BCUT2D eigenvalue weighted by atomic mass is 10.1. The normalized spacial score (nSPS) is 10.9. The van der Waals surface area contributed by atoms with Gasteiger partial charge in [-0.25, -0.2) is 4.98 Å². The van der Waals surface area contributed by atoms with Crippen LogP contribution in [0, 0.1) is 6.92 Å². The van der Waals surface area contributed by atoms with Crippen LogP contribution in [-0.4, -0.2) is 23.3 Å². The smallest absolute Gasteiger partial charge is 0.234 e. The molecular formula is C20H22N2O2S2. The van der Waals surface area contributed by atoms with Crippen LogP contribution in [-0.2, 0) is 11.2 Å². The van der Waals surface area contributed by atoms with Crippen molar-refractivity contribution in [2.24, 2.45) is 0 Å². The van der Waals surface area contributed by atoms with E-state index in [9.17, 15) is 4.79 Å². The molecule has 26 heavy (non-hydrogen) atoms. The molecule has 0 atom stereocenters. The molecule has 1 amide bonds. The van der Waals surface area contributed by atoms with E-state index >= 15 is 0 Å². The van der Waals surface area contributed by atoms with Gasteiger partial charge in [-0.2, -0.15) is 0 Å². The summed E-state index contributed by atoms with van der Waals surface area (Å²) in [5, 5.41) is 3.06. The molecule has 3 aromatic rings. The number of carbonyl (C=O) groups is 1. The zero-order valence-corrected chi connectivity index (χ0v) is 16.8. The average molecular weight is 387 g/mol. The molecule has 2 aromatic carbocycles. The maximum absolute atomic E-state index is 12.4. The van der Waals surface area contributed by atoms with Crippen LogP contribution in [0.3, 0.4) is 0 Å². The summed E-state index contributed by atoms with van der Waals surface area (Å²) in [5.74, 6) is 1.19. The van der Waals surface area contributed by atoms with E-state index in [1.54, 1.807) is 11.3 Å². The Labute approximate surface area is 162 Å². The monoisotopic (exact) mass is 386 g/mol. The number of ether oxygens (including phenoxy) is 1. The van der Waals surface area contributed by atoms with Crippen molar-refractivity contribution in [1.82, 2.24) is 4.98 Å². The van der Waals surface area contributed by atoms with Crippen molar-refractivity contribution in [3.8, 4) is 5.75 Å². The number of benzene rings is 2. The quantitative estimate of drug-likeness (QED) is 0.560. The van der Waals surface area contributed by atoms with Crippen molar-refractivity contribution < 1.29 is 9.53 Å². The summed E-state index contributed by atoms with van der Waals surface area (Å²) < 4.78 is 7.50. The fourth-order valence-electron chi connectivity index (χ4n) is 2.71. The van der Waals surface area contributed by atoms with Crippen molar-refractivity contribution in [1.29, 1.82) is 0 Å². The van der Waals surface area contributed by atoms with Gasteiger partial charge in [0.05, 0.1) is 22.6 Å². The van der Waals surface area contributed by atoms with Gasteiger partial charge >= 0.3 is 0 Å². The van der Waals surface area contributed by atoms with Crippen molar-refractivity contribution in [2.75, 3.05) is 17.7 Å².